The van der Waals surface area contributed by atoms with Gasteiger partial charge < -0.3 is 10.6 Å². The Morgan fingerprint density at radius 3 is 2.47 bits per heavy atom. The zero-order chi connectivity index (χ0) is 13.7. The van der Waals surface area contributed by atoms with Gasteiger partial charge in [-0.2, -0.15) is 0 Å². The third-order valence-electron chi connectivity index (χ3n) is 2.51. The van der Waals surface area contributed by atoms with Gasteiger partial charge in [-0.3, -0.25) is 0 Å². The van der Waals surface area contributed by atoms with Crippen molar-refractivity contribution in [2.24, 2.45) is 0 Å². The van der Waals surface area contributed by atoms with Crippen LogP contribution in [0.2, 0.25) is 0 Å². The lowest BCUT2D eigenvalue weighted by Gasteiger charge is -2.16. The van der Waals surface area contributed by atoms with Crippen LogP contribution < -0.4 is 10.6 Å². The molecule has 1 atom stereocenters. The van der Waals surface area contributed by atoms with E-state index in [-0.39, 0.29) is 11.9 Å². The molecule has 6 heteroatoms. The average Bonchev–Trinajstić information content (AvgIpc) is 2.40. The molecule has 98 valence electrons. The highest BCUT2D eigenvalue weighted by molar-refractivity contribution is 7.80. The standard InChI is InChI=1S/C13H13FN4S/c1-9(10-3-5-11(14)6-4-10)17-13(19)18-12-15-7-2-8-16-12/h2-9H,1H3,(H2,15,16,17,18,19)/t9-/m0/s1. The van der Waals surface area contributed by atoms with Crippen LogP contribution in [0, 0.1) is 5.82 Å². The summed E-state index contributed by atoms with van der Waals surface area (Å²) in [6.45, 7) is 1.94. The summed E-state index contributed by atoms with van der Waals surface area (Å²) < 4.78 is 12.8. The third kappa shape index (κ3) is 3.96. The summed E-state index contributed by atoms with van der Waals surface area (Å²) in [5, 5.41) is 6.38. The Hall–Kier alpha value is -2.08. The van der Waals surface area contributed by atoms with Gasteiger partial charge in [0.2, 0.25) is 5.95 Å². The molecule has 1 heterocycles. The zero-order valence-electron chi connectivity index (χ0n) is 10.3. The maximum absolute atomic E-state index is 12.8. The van der Waals surface area contributed by atoms with Crippen molar-refractivity contribution in [2.75, 3.05) is 5.32 Å². The highest BCUT2D eigenvalue weighted by Gasteiger charge is 2.07. The molecular formula is C13H13FN4S. The number of nitrogens with one attached hydrogen (secondary N) is 2. The second kappa shape index (κ2) is 6.19. The van der Waals surface area contributed by atoms with Crippen molar-refractivity contribution >= 4 is 23.3 Å². The maximum Gasteiger partial charge on any atom is 0.228 e. The second-order valence-corrected chi connectivity index (χ2v) is 4.35. The first-order valence-corrected chi connectivity index (χ1v) is 6.16. The van der Waals surface area contributed by atoms with E-state index in [0.717, 1.165) is 5.56 Å². The number of thiocarbonyl (C=S) groups is 1. The first kappa shape index (κ1) is 13.4. The Labute approximate surface area is 116 Å². The van der Waals surface area contributed by atoms with Gasteiger partial charge in [0.25, 0.3) is 0 Å². The smallest absolute Gasteiger partial charge is 0.228 e. The van der Waals surface area contributed by atoms with Crippen LogP contribution in [-0.4, -0.2) is 15.1 Å². The van der Waals surface area contributed by atoms with Crippen LogP contribution in [0.1, 0.15) is 18.5 Å². The summed E-state index contributed by atoms with van der Waals surface area (Å²) in [6.07, 6.45) is 3.25. The van der Waals surface area contributed by atoms with E-state index in [1.54, 1.807) is 30.6 Å². The van der Waals surface area contributed by atoms with Crippen LogP contribution in [0.25, 0.3) is 0 Å². The highest BCUT2D eigenvalue weighted by Crippen LogP contribution is 2.12. The second-order valence-electron chi connectivity index (χ2n) is 3.94. The van der Waals surface area contributed by atoms with Gasteiger partial charge in [-0.1, -0.05) is 12.1 Å². The molecule has 1 aromatic carbocycles. The van der Waals surface area contributed by atoms with Crippen molar-refractivity contribution in [1.29, 1.82) is 0 Å². The van der Waals surface area contributed by atoms with Crippen LogP contribution >= 0.6 is 12.2 Å². The van der Waals surface area contributed by atoms with Crippen molar-refractivity contribution in [3.05, 3.63) is 54.1 Å². The Balaban J connectivity index is 1.93. The fourth-order valence-electron chi connectivity index (χ4n) is 1.53. The quantitative estimate of drug-likeness (QED) is 0.844. The van der Waals surface area contributed by atoms with Crippen molar-refractivity contribution in [2.45, 2.75) is 13.0 Å². The largest absolute Gasteiger partial charge is 0.356 e. The highest BCUT2D eigenvalue weighted by atomic mass is 32.1. The molecule has 2 aromatic rings. The minimum atomic E-state index is -0.255. The van der Waals surface area contributed by atoms with Gasteiger partial charge in [0, 0.05) is 12.4 Å². The van der Waals surface area contributed by atoms with Crippen molar-refractivity contribution in [3.63, 3.8) is 0 Å². The summed E-state index contributed by atoms with van der Waals surface area (Å²) >= 11 is 5.16. The zero-order valence-corrected chi connectivity index (χ0v) is 11.1. The van der Waals surface area contributed by atoms with E-state index in [2.05, 4.69) is 20.6 Å². The third-order valence-corrected chi connectivity index (χ3v) is 2.73. The van der Waals surface area contributed by atoms with Crippen LogP contribution in [0.3, 0.4) is 0 Å². The number of anilines is 1. The van der Waals surface area contributed by atoms with Crippen LogP contribution in [0.15, 0.2) is 42.7 Å². The molecule has 2 N–H and O–H groups in total. The van der Waals surface area contributed by atoms with Crippen LogP contribution in [0.4, 0.5) is 10.3 Å². The summed E-state index contributed by atoms with van der Waals surface area (Å²) in [4.78, 5) is 8.02. The van der Waals surface area contributed by atoms with E-state index in [9.17, 15) is 4.39 Å². The van der Waals surface area contributed by atoms with Gasteiger partial charge in [-0.15, -0.1) is 0 Å². The summed E-state index contributed by atoms with van der Waals surface area (Å²) in [7, 11) is 0. The minimum absolute atomic E-state index is 0.0377. The number of rotatable bonds is 3. The number of aromatic nitrogens is 2. The fourth-order valence-corrected chi connectivity index (χ4v) is 1.80. The number of nitrogens with zero attached hydrogens (tertiary/aromatic N) is 2. The molecule has 0 radical (unpaired) electrons. The first-order chi connectivity index (χ1) is 9.15. The minimum Gasteiger partial charge on any atom is -0.356 e. The molecule has 0 fully saturated rings. The lowest BCUT2D eigenvalue weighted by molar-refractivity contribution is 0.624. The number of benzene rings is 1. The van der Waals surface area contributed by atoms with E-state index in [1.807, 2.05) is 6.92 Å². The molecule has 0 spiro atoms. The molecule has 0 aliphatic heterocycles. The molecule has 4 nitrogen and oxygen atoms in total. The molecule has 2 rings (SSSR count). The normalized spacial score (nSPS) is 11.7. The Bertz CT molecular complexity index is 544. The summed E-state index contributed by atoms with van der Waals surface area (Å²) in [5.74, 6) is 0.181. The Morgan fingerprint density at radius 1 is 1.21 bits per heavy atom. The van der Waals surface area contributed by atoms with Gasteiger partial charge in [-0.05, 0) is 42.9 Å². The predicted octanol–water partition coefficient (Wildman–Crippen LogP) is 2.66. The predicted molar refractivity (Wildman–Crippen MR) is 76.2 cm³/mol. The van der Waals surface area contributed by atoms with Gasteiger partial charge in [0.15, 0.2) is 5.11 Å². The summed E-state index contributed by atoms with van der Waals surface area (Å²) in [6, 6.07) is 7.96. The van der Waals surface area contributed by atoms with E-state index < -0.39 is 0 Å². The van der Waals surface area contributed by atoms with Crippen LogP contribution in [0.5, 0.6) is 0 Å². The van der Waals surface area contributed by atoms with E-state index in [0.29, 0.717) is 11.1 Å². The van der Waals surface area contributed by atoms with E-state index in [4.69, 9.17) is 12.2 Å². The van der Waals surface area contributed by atoms with Crippen molar-refractivity contribution < 1.29 is 4.39 Å². The molecule has 1 aromatic heterocycles. The maximum atomic E-state index is 12.8. The molecule has 0 bridgehead atoms. The van der Waals surface area contributed by atoms with Gasteiger partial charge in [0.05, 0.1) is 6.04 Å². The molecule has 19 heavy (non-hydrogen) atoms. The van der Waals surface area contributed by atoms with Gasteiger partial charge in [-0.25, -0.2) is 14.4 Å². The molecule has 0 amide bonds. The monoisotopic (exact) mass is 276 g/mol. The molecule has 0 aliphatic carbocycles. The summed E-state index contributed by atoms with van der Waals surface area (Å²) in [5.41, 5.74) is 0.944. The molecule has 0 aliphatic rings. The topological polar surface area (TPSA) is 49.8 Å². The van der Waals surface area contributed by atoms with Crippen molar-refractivity contribution in [3.8, 4) is 0 Å². The SMILES string of the molecule is C[C@H](NC(=S)Nc1ncccn1)c1ccc(F)cc1. The number of hydrogen-bond donors (Lipinski definition) is 2. The lowest BCUT2D eigenvalue weighted by Crippen LogP contribution is -2.31. The number of hydrogen-bond acceptors (Lipinski definition) is 3. The average molecular weight is 276 g/mol. The Kier molecular flexibility index (Phi) is 4.35. The van der Waals surface area contributed by atoms with Gasteiger partial charge >= 0.3 is 0 Å². The molecule has 0 saturated heterocycles. The first-order valence-electron chi connectivity index (χ1n) is 5.75. The van der Waals surface area contributed by atoms with Crippen molar-refractivity contribution in [1.82, 2.24) is 15.3 Å². The van der Waals surface area contributed by atoms with Gasteiger partial charge in [0.1, 0.15) is 5.82 Å². The van der Waals surface area contributed by atoms with E-state index in [1.165, 1.54) is 12.1 Å². The lowest BCUT2D eigenvalue weighted by atomic mass is 10.1. The molecule has 0 saturated carbocycles. The van der Waals surface area contributed by atoms with E-state index >= 15 is 0 Å². The number of halogens is 1. The fraction of sp³-hybridized carbons (Fsp3) is 0.154. The molecule has 0 unspecified atom stereocenters. The van der Waals surface area contributed by atoms with Crippen LogP contribution in [-0.2, 0) is 0 Å². The molecular weight excluding hydrogens is 263 g/mol. The Morgan fingerprint density at radius 2 is 1.84 bits per heavy atom.